The van der Waals surface area contributed by atoms with Crippen LogP contribution in [0.4, 0.5) is 5.95 Å². The van der Waals surface area contributed by atoms with E-state index in [0.717, 1.165) is 18.9 Å². The quantitative estimate of drug-likeness (QED) is 0.482. The lowest BCUT2D eigenvalue weighted by Gasteiger charge is -1.93. The number of azo groups is 1. The Bertz CT molecular complexity index is 275. The summed E-state index contributed by atoms with van der Waals surface area (Å²) in [7, 11) is 3.65. The molecule has 0 saturated carbocycles. The number of aryl methyl sites for hydroxylation is 2. The fraction of sp³-hybridized carbons (Fsp3) is 0.625. The van der Waals surface area contributed by atoms with Gasteiger partial charge in [-0.05, 0) is 6.42 Å². The largest absolute Gasteiger partial charge is 0.420 e. The van der Waals surface area contributed by atoms with E-state index in [2.05, 4.69) is 21.7 Å². The van der Waals surface area contributed by atoms with Crippen molar-refractivity contribution in [1.82, 2.24) is 4.57 Å². The first-order chi connectivity index (χ1) is 5.79. The molecule has 1 rings (SSSR count). The van der Waals surface area contributed by atoms with Gasteiger partial charge in [-0.15, -0.1) is 5.11 Å². The van der Waals surface area contributed by atoms with E-state index in [1.807, 2.05) is 24.0 Å². The fourth-order valence-corrected chi connectivity index (χ4v) is 1.15. The molecule has 0 aliphatic carbocycles. The SMILES string of the molecule is CCC[n+]1ccn(C)c1N=NC. The molecule has 0 spiro atoms. The Kier molecular flexibility index (Phi) is 2.96. The lowest BCUT2D eigenvalue weighted by Crippen LogP contribution is -2.31. The average Bonchev–Trinajstić information content (AvgIpc) is 2.37. The third-order valence-corrected chi connectivity index (χ3v) is 1.70. The zero-order valence-electron chi connectivity index (χ0n) is 7.86. The third-order valence-electron chi connectivity index (χ3n) is 1.70. The first-order valence-corrected chi connectivity index (χ1v) is 4.14. The standard InChI is InChI=1S/C8H15N4/c1-4-5-12-7-6-11(3)8(12)10-9-2/h6-7H,4-5H2,1-3H3/q+1. The molecule has 0 unspecified atom stereocenters. The highest BCUT2D eigenvalue weighted by Crippen LogP contribution is 2.04. The molecule has 0 aromatic carbocycles. The molecule has 0 aliphatic heterocycles. The van der Waals surface area contributed by atoms with Gasteiger partial charge in [-0.2, -0.15) is 0 Å². The number of rotatable bonds is 3. The van der Waals surface area contributed by atoms with Crippen LogP contribution in [0.1, 0.15) is 13.3 Å². The van der Waals surface area contributed by atoms with Crippen molar-refractivity contribution in [2.75, 3.05) is 7.05 Å². The summed E-state index contributed by atoms with van der Waals surface area (Å²) in [6.45, 7) is 3.14. The van der Waals surface area contributed by atoms with E-state index in [-0.39, 0.29) is 0 Å². The van der Waals surface area contributed by atoms with E-state index in [0.29, 0.717) is 0 Å². The van der Waals surface area contributed by atoms with Crippen molar-refractivity contribution in [2.24, 2.45) is 17.3 Å². The first-order valence-electron chi connectivity index (χ1n) is 4.14. The number of hydrogen-bond acceptors (Lipinski definition) is 2. The van der Waals surface area contributed by atoms with Gasteiger partial charge in [-0.3, -0.25) is 0 Å². The molecule has 0 amide bonds. The van der Waals surface area contributed by atoms with Crippen LogP contribution in [0.25, 0.3) is 0 Å². The van der Waals surface area contributed by atoms with Crippen molar-refractivity contribution in [3.05, 3.63) is 12.4 Å². The third kappa shape index (κ3) is 1.69. The molecule has 1 aromatic rings. The lowest BCUT2D eigenvalue weighted by molar-refractivity contribution is -0.683. The highest BCUT2D eigenvalue weighted by molar-refractivity contribution is 5.04. The van der Waals surface area contributed by atoms with Crippen LogP contribution in [-0.2, 0) is 13.6 Å². The van der Waals surface area contributed by atoms with Crippen molar-refractivity contribution in [3.63, 3.8) is 0 Å². The highest BCUT2D eigenvalue weighted by Gasteiger charge is 2.11. The molecule has 66 valence electrons. The van der Waals surface area contributed by atoms with Crippen molar-refractivity contribution >= 4 is 5.95 Å². The van der Waals surface area contributed by atoms with Gasteiger partial charge in [0.15, 0.2) is 0 Å². The van der Waals surface area contributed by atoms with E-state index < -0.39 is 0 Å². The molecule has 0 atom stereocenters. The topological polar surface area (TPSA) is 33.5 Å². The Morgan fingerprint density at radius 1 is 1.58 bits per heavy atom. The monoisotopic (exact) mass is 167 g/mol. The molecule has 1 heterocycles. The first kappa shape index (κ1) is 8.90. The maximum absolute atomic E-state index is 4.04. The van der Waals surface area contributed by atoms with Crippen LogP contribution in [-0.4, -0.2) is 11.6 Å². The molecular formula is C8H15N4+. The molecule has 0 N–H and O–H groups in total. The van der Waals surface area contributed by atoms with Gasteiger partial charge in [0.1, 0.15) is 0 Å². The summed E-state index contributed by atoms with van der Waals surface area (Å²) in [6.07, 6.45) is 5.12. The molecule has 0 radical (unpaired) electrons. The zero-order valence-corrected chi connectivity index (χ0v) is 7.86. The van der Waals surface area contributed by atoms with Gasteiger partial charge in [0.25, 0.3) is 0 Å². The Hall–Kier alpha value is -1.19. The summed E-state index contributed by atoms with van der Waals surface area (Å²) in [5.74, 6) is 0.902. The van der Waals surface area contributed by atoms with Crippen LogP contribution in [0.2, 0.25) is 0 Å². The minimum atomic E-state index is 0.902. The summed E-state index contributed by atoms with van der Waals surface area (Å²) in [5.41, 5.74) is 0. The van der Waals surface area contributed by atoms with Gasteiger partial charge in [-0.1, -0.05) is 6.92 Å². The Morgan fingerprint density at radius 2 is 2.33 bits per heavy atom. The number of imidazole rings is 1. The van der Waals surface area contributed by atoms with Crippen LogP contribution in [0.5, 0.6) is 0 Å². The summed E-state index contributed by atoms with van der Waals surface area (Å²) < 4.78 is 4.05. The molecule has 4 nitrogen and oxygen atoms in total. The summed E-state index contributed by atoms with van der Waals surface area (Å²) >= 11 is 0. The van der Waals surface area contributed by atoms with E-state index in [1.54, 1.807) is 7.05 Å². The van der Waals surface area contributed by atoms with Crippen molar-refractivity contribution < 1.29 is 4.57 Å². The van der Waals surface area contributed by atoms with Crippen molar-refractivity contribution in [1.29, 1.82) is 0 Å². The van der Waals surface area contributed by atoms with E-state index in [1.165, 1.54) is 0 Å². The van der Waals surface area contributed by atoms with Crippen molar-refractivity contribution in [2.45, 2.75) is 19.9 Å². The molecular weight excluding hydrogens is 152 g/mol. The maximum Gasteiger partial charge on any atom is 0.420 e. The van der Waals surface area contributed by atoms with Gasteiger partial charge in [0.2, 0.25) is 0 Å². The van der Waals surface area contributed by atoms with Gasteiger partial charge < -0.3 is 0 Å². The molecule has 0 bridgehead atoms. The zero-order chi connectivity index (χ0) is 8.97. The fourth-order valence-electron chi connectivity index (χ4n) is 1.15. The molecule has 0 saturated heterocycles. The van der Waals surface area contributed by atoms with Gasteiger partial charge in [-0.25, -0.2) is 9.13 Å². The van der Waals surface area contributed by atoms with Crippen LogP contribution in [0, 0.1) is 0 Å². The summed E-state index contributed by atoms with van der Waals surface area (Å²) in [5, 5.41) is 7.80. The van der Waals surface area contributed by atoms with Crippen molar-refractivity contribution in [3.8, 4) is 0 Å². The number of hydrogen-bond donors (Lipinski definition) is 0. The molecule has 0 fully saturated rings. The summed E-state index contributed by atoms with van der Waals surface area (Å²) in [4.78, 5) is 0. The van der Waals surface area contributed by atoms with Crippen LogP contribution >= 0.6 is 0 Å². The second kappa shape index (κ2) is 3.99. The highest BCUT2D eigenvalue weighted by atomic mass is 15.3. The van der Waals surface area contributed by atoms with E-state index in [4.69, 9.17) is 0 Å². The maximum atomic E-state index is 4.04. The Morgan fingerprint density at radius 3 is 2.92 bits per heavy atom. The Balaban J connectivity index is 2.95. The normalized spacial score (nSPS) is 11.2. The second-order valence-electron chi connectivity index (χ2n) is 2.70. The smallest absolute Gasteiger partial charge is 0.233 e. The van der Waals surface area contributed by atoms with Crippen LogP contribution in [0.15, 0.2) is 22.6 Å². The lowest BCUT2D eigenvalue weighted by atomic mass is 10.5. The minimum Gasteiger partial charge on any atom is -0.233 e. The predicted octanol–water partition coefficient (Wildman–Crippen LogP) is 1.44. The molecule has 12 heavy (non-hydrogen) atoms. The Labute approximate surface area is 72.6 Å². The van der Waals surface area contributed by atoms with Gasteiger partial charge in [0, 0.05) is 5.11 Å². The van der Waals surface area contributed by atoms with E-state index >= 15 is 0 Å². The summed E-state index contributed by atoms with van der Waals surface area (Å²) in [6, 6.07) is 0. The average molecular weight is 167 g/mol. The van der Waals surface area contributed by atoms with Gasteiger partial charge >= 0.3 is 5.95 Å². The molecule has 4 heteroatoms. The van der Waals surface area contributed by atoms with Gasteiger partial charge in [0.05, 0.1) is 33.0 Å². The predicted molar refractivity (Wildman–Crippen MR) is 46.3 cm³/mol. The molecule has 1 aromatic heterocycles. The second-order valence-corrected chi connectivity index (χ2v) is 2.70. The number of aromatic nitrogens is 2. The van der Waals surface area contributed by atoms with Crippen LogP contribution in [0.3, 0.4) is 0 Å². The number of nitrogens with zero attached hydrogens (tertiary/aromatic N) is 4. The van der Waals surface area contributed by atoms with Crippen LogP contribution < -0.4 is 4.57 Å². The molecule has 0 aliphatic rings. The van der Waals surface area contributed by atoms with E-state index in [9.17, 15) is 0 Å². The minimum absolute atomic E-state index is 0.902.